The predicted octanol–water partition coefficient (Wildman–Crippen LogP) is 3.14. The van der Waals surface area contributed by atoms with Gasteiger partial charge in [0, 0.05) is 25.9 Å². The number of nitrogens with zero attached hydrogens (tertiary/aromatic N) is 1. The standard InChI is InChI=1S/C20H24N2O4/c1-3-22(4-2)13-14-26-20(25)15-9-11-16(12-10-15)21-19(24)17-7-5-6-8-18(17)23/h5-12,23H,3-4,13-14H2,1-2H3,(H,21,24)/i1D3,2D3,3D2,4D2. The van der Waals surface area contributed by atoms with Gasteiger partial charge in [-0.05, 0) is 49.4 Å². The highest BCUT2D eigenvalue weighted by molar-refractivity contribution is 6.06. The SMILES string of the molecule is [2H]C([2H])([2H])C([2H])([2H])N(CCOC(=O)c1ccc(NC(=O)c2ccccc2O)cc1)C([2H])([2H])C([2H])([2H])[2H]. The van der Waals surface area contributed by atoms with Crippen LogP contribution < -0.4 is 5.32 Å². The van der Waals surface area contributed by atoms with Gasteiger partial charge in [-0.1, -0.05) is 25.8 Å². The molecule has 0 atom stereocenters. The fourth-order valence-corrected chi connectivity index (χ4v) is 2.01. The molecule has 0 aliphatic carbocycles. The van der Waals surface area contributed by atoms with Gasteiger partial charge >= 0.3 is 5.97 Å². The summed E-state index contributed by atoms with van der Waals surface area (Å²) in [5.74, 6) is -1.73. The van der Waals surface area contributed by atoms with Crippen LogP contribution in [0, 0.1) is 0 Å². The molecule has 0 radical (unpaired) electrons. The molecule has 2 aromatic rings. The Balaban J connectivity index is 2.08. The number of phenols is 1. The number of carbonyl (C=O) groups excluding carboxylic acids is 2. The first-order chi connectivity index (χ1) is 16.4. The normalized spacial score (nSPS) is 18.3. The second kappa shape index (κ2) is 9.58. The van der Waals surface area contributed by atoms with E-state index < -0.39 is 51.7 Å². The van der Waals surface area contributed by atoms with E-state index in [1.54, 1.807) is 12.1 Å². The van der Waals surface area contributed by atoms with Gasteiger partial charge in [0.2, 0.25) is 0 Å². The van der Waals surface area contributed by atoms with Crippen LogP contribution in [0.25, 0.3) is 0 Å². The van der Waals surface area contributed by atoms with E-state index in [0.717, 1.165) is 0 Å². The third kappa shape index (κ3) is 5.32. The van der Waals surface area contributed by atoms with Gasteiger partial charge in [0.1, 0.15) is 12.4 Å². The Kier molecular flexibility index (Phi) is 3.59. The highest BCUT2D eigenvalue weighted by atomic mass is 16.5. The van der Waals surface area contributed by atoms with E-state index in [2.05, 4.69) is 5.32 Å². The number of nitrogens with one attached hydrogen (secondary N) is 1. The molecule has 0 unspecified atom stereocenters. The maximum atomic E-state index is 12.3. The van der Waals surface area contributed by atoms with Gasteiger partial charge in [0.25, 0.3) is 5.91 Å². The van der Waals surface area contributed by atoms with Gasteiger partial charge in [-0.3, -0.25) is 4.79 Å². The van der Waals surface area contributed by atoms with Crippen molar-refractivity contribution in [2.24, 2.45) is 0 Å². The number of carbonyl (C=O) groups is 2. The number of esters is 1. The number of phenolic OH excluding ortho intramolecular Hbond substituents is 1. The summed E-state index contributed by atoms with van der Waals surface area (Å²) in [5.41, 5.74) is 0.335. The lowest BCUT2D eigenvalue weighted by Crippen LogP contribution is -2.27. The van der Waals surface area contributed by atoms with E-state index in [-0.39, 0.29) is 21.8 Å². The molecule has 138 valence electrons. The lowest BCUT2D eigenvalue weighted by atomic mass is 10.1. The van der Waals surface area contributed by atoms with E-state index >= 15 is 0 Å². The topological polar surface area (TPSA) is 78.9 Å². The Morgan fingerprint density at radius 1 is 1.15 bits per heavy atom. The van der Waals surface area contributed by atoms with Crippen molar-refractivity contribution in [1.29, 1.82) is 0 Å². The van der Waals surface area contributed by atoms with Gasteiger partial charge in [-0.15, -0.1) is 0 Å². The average Bonchev–Trinajstić information content (AvgIpc) is 2.75. The Labute approximate surface area is 167 Å². The first kappa shape index (κ1) is 9.73. The molecule has 0 aliphatic rings. The fourth-order valence-electron chi connectivity index (χ4n) is 2.01. The average molecular weight is 366 g/mol. The highest BCUT2D eigenvalue weighted by Crippen LogP contribution is 2.18. The summed E-state index contributed by atoms with van der Waals surface area (Å²) >= 11 is 0. The molecule has 26 heavy (non-hydrogen) atoms. The Morgan fingerprint density at radius 2 is 1.85 bits per heavy atom. The van der Waals surface area contributed by atoms with Crippen LogP contribution in [0.3, 0.4) is 0 Å². The second-order valence-electron chi connectivity index (χ2n) is 5.06. The van der Waals surface area contributed by atoms with Crippen LogP contribution >= 0.6 is 0 Å². The van der Waals surface area contributed by atoms with Crippen molar-refractivity contribution in [3.05, 3.63) is 59.7 Å². The molecule has 1 amide bonds. The minimum atomic E-state index is -3.40. The van der Waals surface area contributed by atoms with Crippen LogP contribution in [0.4, 0.5) is 5.69 Å². The minimum absolute atomic E-state index is 0.000213. The fraction of sp³-hybridized carbons (Fsp3) is 0.300. The summed E-state index contributed by atoms with van der Waals surface area (Å²) in [7, 11) is 0. The summed E-state index contributed by atoms with van der Waals surface area (Å²) in [5, 5.41) is 12.3. The number of rotatable bonds is 8. The van der Waals surface area contributed by atoms with Crippen molar-refractivity contribution in [2.75, 3.05) is 31.5 Å². The summed E-state index contributed by atoms with van der Waals surface area (Å²) in [6.07, 6.45) is 0. The third-order valence-electron chi connectivity index (χ3n) is 3.35. The lowest BCUT2D eigenvalue weighted by Gasteiger charge is -2.17. The molecule has 6 heteroatoms. The van der Waals surface area contributed by atoms with E-state index in [9.17, 15) is 14.7 Å². The summed E-state index contributed by atoms with van der Waals surface area (Å²) < 4.78 is 80.4. The molecule has 0 aromatic heterocycles. The van der Waals surface area contributed by atoms with Crippen LogP contribution in [0.1, 0.15) is 48.1 Å². The zero-order valence-electron chi connectivity index (χ0n) is 23.7. The number of ether oxygens (including phenoxy) is 1. The van der Waals surface area contributed by atoms with E-state index in [0.29, 0.717) is 5.69 Å². The van der Waals surface area contributed by atoms with Crippen molar-refractivity contribution in [3.8, 4) is 5.75 Å². The maximum absolute atomic E-state index is 12.3. The van der Waals surface area contributed by atoms with Gasteiger partial charge in [-0.25, -0.2) is 4.79 Å². The van der Waals surface area contributed by atoms with Crippen LogP contribution in [0.5, 0.6) is 5.75 Å². The van der Waals surface area contributed by atoms with E-state index in [1.807, 2.05) is 0 Å². The molecule has 2 rings (SSSR count). The molecule has 0 aliphatic heterocycles. The first-order valence-corrected chi connectivity index (χ1v) is 7.54. The summed E-state index contributed by atoms with van der Waals surface area (Å²) in [4.78, 5) is 24.6. The largest absolute Gasteiger partial charge is 0.507 e. The number of amides is 1. The van der Waals surface area contributed by atoms with Crippen molar-refractivity contribution in [3.63, 3.8) is 0 Å². The number of hydrogen-bond acceptors (Lipinski definition) is 5. The van der Waals surface area contributed by atoms with Gasteiger partial charge in [-0.2, -0.15) is 0 Å². The highest BCUT2D eigenvalue weighted by Gasteiger charge is 2.12. The lowest BCUT2D eigenvalue weighted by molar-refractivity contribution is 0.0466. The molecule has 0 fully saturated rings. The predicted molar refractivity (Wildman–Crippen MR) is 101 cm³/mol. The maximum Gasteiger partial charge on any atom is 0.338 e. The van der Waals surface area contributed by atoms with E-state index in [4.69, 9.17) is 18.4 Å². The quantitative estimate of drug-likeness (QED) is 0.702. The number of anilines is 1. The van der Waals surface area contributed by atoms with Crippen LogP contribution in [-0.4, -0.2) is 48.0 Å². The third-order valence-corrected chi connectivity index (χ3v) is 3.35. The summed E-state index contributed by atoms with van der Waals surface area (Å²) in [6, 6.07) is 11.2. The number of para-hydroxylation sites is 1. The summed E-state index contributed by atoms with van der Waals surface area (Å²) in [6.45, 7) is -15.1. The molecule has 6 nitrogen and oxygen atoms in total. The molecule has 0 bridgehead atoms. The Bertz CT molecular complexity index is 1060. The van der Waals surface area contributed by atoms with Crippen molar-refractivity contribution in [2.45, 2.75) is 13.7 Å². The van der Waals surface area contributed by atoms with Crippen molar-refractivity contribution >= 4 is 17.6 Å². The Morgan fingerprint density at radius 3 is 2.50 bits per heavy atom. The zero-order valence-corrected chi connectivity index (χ0v) is 13.7. The van der Waals surface area contributed by atoms with Crippen molar-refractivity contribution in [1.82, 2.24) is 4.90 Å². The second-order valence-corrected chi connectivity index (χ2v) is 5.06. The first-order valence-electron chi connectivity index (χ1n) is 12.5. The van der Waals surface area contributed by atoms with Gasteiger partial charge in [0.05, 0.1) is 11.1 Å². The molecule has 0 saturated heterocycles. The van der Waals surface area contributed by atoms with Crippen LogP contribution in [-0.2, 0) is 4.74 Å². The van der Waals surface area contributed by atoms with E-state index in [1.165, 1.54) is 36.4 Å². The minimum Gasteiger partial charge on any atom is -0.507 e. The van der Waals surface area contributed by atoms with Crippen molar-refractivity contribution < 1.29 is 33.1 Å². The molecular weight excluding hydrogens is 332 g/mol. The van der Waals surface area contributed by atoms with Crippen LogP contribution in [0.2, 0.25) is 0 Å². The number of benzene rings is 2. The smallest absolute Gasteiger partial charge is 0.338 e. The number of likely N-dealkylation sites (N-methyl/N-ethyl adjacent to an activating group) is 1. The molecule has 0 heterocycles. The Hall–Kier alpha value is -2.86. The number of hydrogen-bond donors (Lipinski definition) is 2. The molecule has 0 spiro atoms. The molecular formula is C20H24N2O4. The molecule has 0 saturated carbocycles. The van der Waals surface area contributed by atoms with Gasteiger partial charge < -0.3 is 20.1 Å². The van der Waals surface area contributed by atoms with Gasteiger partial charge in [0.15, 0.2) is 0 Å². The number of aromatic hydroxyl groups is 1. The monoisotopic (exact) mass is 366 g/mol. The molecule has 2 aromatic carbocycles. The molecule has 2 N–H and O–H groups in total. The zero-order chi connectivity index (χ0) is 27.5. The van der Waals surface area contributed by atoms with Crippen LogP contribution in [0.15, 0.2) is 48.5 Å².